The molecule has 0 aliphatic carbocycles. The Balaban J connectivity index is 1.79. The molecule has 1 aliphatic rings. The maximum atomic E-state index is 5.80. The van der Waals surface area contributed by atoms with E-state index in [1.54, 1.807) is 21.3 Å². The number of aromatic nitrogens is 2. The van der Waals surface area contributed by atoms with Crippen LogP contribution in [0.2, 0.25) is 0 Å². The van der Waals surface area contributed by atoms with Crippen LogP contribution < -0.4 is 9.47 Å². The number of hydrogen-bond acceptors (Lipinski definition) is 7. The molecule has 2 aromatic rings. The van der Waals surface area contributed by atoms with Crippen molar-refractivity contribution < 1.29 is 23.4 Å². The van der Waals surface area contributed by atoms with Crippen molar-refractivity contribution in [1.29, 1.82) is 0 Å². The number of ether oxygens (including phenoxy) is 4. The summed E-state index contributed by atoms with van der Waals surface area (Å²) in [6, 6.07) is 5.69. The third-order valence-corrected chi connectivity index (χ3v) is 4.04. The summed E-state index contributed by atoms with van der Waals surface area (Å²) in [5.74, 6) is 2.34. The Morgan fingerprint density at radius 2 is 1.96 bits per heavy atom. The highest BCUT2D eigenvalue weighted by atomic mass is 16.6. The Bertz CT molecular complexity index is 664. The van der Waals surface area contributed by atoms with E-state index in [9.17, 15) is 0 Å². The topological polar surface area (TPSA) is 75.8 Å². The number of benzene rings is 1. The van der Waals surface area contributed by atoms with Crippen LogP contribution in [0.3, 0.4) is 0 Å². The quantitative estimate of drug-likeness (QED) is 0.805. The van der Waals surface area contributed by atoms with Gasteiger partial charge in [0.1, 0.15) is 0 Å². The third kappa shape index (κ3) is 3.02. The van der Waals surface area contributed by atoms with Gasteiger partial charge in [0.25, 0.3) is 5.89 Å². The molecule has 1 unspecified atom stereocenters. The fourth-order valence-electron chi connectivity index (χ4n) is 2.64. The van der Waals surface area contributed by atoms with Crippen molar-refractivity contribution in [3.05, 3.63) is 35.5 Å². The predicted molar refractivity (Wildman–Crippen MR) is 80.8 cm³/mol. The van der Waals surface area contributed by atoms with E-state index in [-0.39, 0.29) is 0 Å². The average Bonchev–Trinajstić information content (AvgIpc) is 3.24. The second-order valence-electron chi connectivity index (χ2n) is 5.37. The van der Waals surface area contributed by atoms with Gasteiger partial charge in [0.05, 0.1) is 33.9 Å². The molecule has 1 atom stereocenters. The van der Waals surface area contributed by atoms with Gasteiger partial charge in [0.2, 0.25) is 5.89 Å². The van der Waals surface area contributed by atoms with Crippen LogP contribution in [0.5, 0.6) is 11.5 Å². The zero-order valence-electron chi connectivity index (χ0n) is 13.5. The number of methoxy groups -OCH3 is 3. The summed E-state index contributed by atoms with van der Waals surface area (Å²) in [6.07, 6.45) is 1.22. The Kier molecular flexibility index (Phi) is 4.49. The Hall–Kier alpha value is -2.12. The molecule has 2 heterocycles. The van der Waals surface area contributed by atoms with Crippen LogP contribution in [0, 0.1) is 0 Å². The highest BCUT2D eigenvalue weighted by molar-refractivity contribution is 5.43. The highest BCUT2D eigenvalue weighted by Crippen LogP contribution is 2.33. The summed E-state index contributed by atoms with van der Waals surface area (Å²) in [5.41, 5.74) is 0.370. The SMILES string of the molecule is COc1ccc(Cc2nnc(C3(OC)CCOC3)o2)cc1OC. The lowest BCUT2D eigenvalue weighted by atomic mass is 10.0. The van der Waals surface area contributed by atoms with Crippen molar-refractivity contribution in [2.75, 3.05) is 34.5 Å². The van der Waals surface area contributed by atoms with Crippen LogP contribution in [0.15, 0.2) is 22.6 Å². The van der Waals surface area contributed by atoms with E-state index in [0.717, 1.165) is 5.56 Å². The van der Waals surface area contributed by atoms with Crippen LogP contribution in [0.4, 0.5) is 0 Å². The van der Waals surface area contributed by atoms with Gasteiger partial charge in [-0.05, 0) is 17.7 Å². The second-order valence-corrected chi connectivity index (χ2v) is 5.37. The fraction of sp³-hybridized carbons (Fsp3) is 0.500. The van der Waals surface area contributed by atoms with Crippen LogP contribution in [0.25, 0.3) is 0 Å². The van der Waals surface area contributed by atoms with E-state index in [1.807, 2.05) is 18.2 Å². The lowest BCUT2D eigenvalue weighted by Gasteiger charge is -2.20. The van der Waals surface area contributed by atoms with Gasteiger partial charge in [-0.25, -0.2) is 0 Å². The molecule has 0 saturated carbocycles. The summed E-state index contributed by atoms with van der Waals surface area (Å²) < 4.78 is 27.3. The largest absolute Gasteiger partial charge is 0.493 e. The molecule has 0 amide bonds. The smallest absolute Gasteiger partial charge is 0.250 e. The molecule has 1 aliphatic heterocycles. The van der Waals surface area contributed by atoms with Gasteiger partial charge in [-0.3, -0.25) is 0 Å². The first kappa shape index (κ1) is 15.8. The maximum absolute atomic E-state index is 5.80. The van der Waals surface area contributed by atoms with Gasteiger partial charge in [-0.2, -0.15) is 0 Å². The van der Waals surface area contributed by atoms with Crippen molar-refractivity contribution in [2.24, 2.45) is 0 Å². The molecule has 0 radical (unpaired) electrons. The number of hydrogen-bond donors (Lipinski definition) is 0. The first-order valence-corrected chi connectivity index (χ1v) is 7.37. The zero-order chi connectivity index (χ0) is 16.3. The van der Waals surface area contributed by atoms with Gasteiger partial charge in [-0.15, -0.1) is 10.2 Å². The van der Waals surface area contributed by atoms with E-state index >= 15 is 0 Å². The van der Waals surface area contributed by atoms with E-state index in [1.165, 1.54) is 0 Å². The Morgan fingerprint density at radius 1 is 1.13 bits per heavy atom. The average molecular weight is 320 g/mol. The molecular formula is C16H20N2O5. The van der Waals surface area contributed by atoms with Crippen molar-refractivity contribution in [2.45, 2.75) is 18.4 Å². The van der Waals surface area contributed by atoms with Crippen molar-refractivity contribution >= 4 is 0 Å². The van der Waals surface area contributed by atoms with Crippen molar-refractivity contribution in [3.8, 4) is 11.5 Å². The summed E-state index contributed by atoms with van der Waals surface area (Å²) in [7, 11) is 4.84. The standard InChI is InChI=1S/C16H20N2O5/c1-19-12-5-4-11(8-13(12)20-2)9-14-17-18-15(23-14)16(21-3)6-7-22-10-16/h4-5,8H,6-7,9-10H2,1-3H3. The minimum Gasteiger partial charge on any atom is -0.493 e. The molecule has 1 aromatic carbocycles. The normalized spacial score (nSPS) is 20.7. The zero-order valence-corrected chi connectivity index (χ0v) is 13.5. The molecule has 0 spiro atoms. The van der Waals surface area contributed by atoms with Crippen molar-refractivity contribution in [3.63, 3.8) is 0 Å². The molecule has 3 rings (SSSR count). The summed E-state index contributed by atoms with van der Waals surface area (Å²) >= 11 is 0. The Labute approximate surface area is 134 Å². The van der Waals surface area contributed by atoms with Crippen LogP contribution >= 0.6 is 0 Å². The molecule has 124 valence electrons. The van der Waals surface area contributed by atoms with Crippen molar-refractivity contribution in [1.82, 2.24) is 10.2 Å². The van der Waals surface area contributed by atoms with Gasteiger partial charge in [-0.1, -0.05) is 6.07 Å². The highest BCUT2D eigenvalue weighted by Gasteiger charge is 2.42. The monoisotopic (exact) mass is 320 g/mol. The first-order valence-electron chi connectivity index (χ1n) is 7.37. The number of rotatable bonds is 6. The molecule has 23 heavy (non-hydrogen) atoms. The molecule has 1 aromatic heterocycles. The van der Waals surface area contributed by atoms with Gasteiger partial charge < -0.3 is 23.4 Å². The van der Waals surface area contributed by atoms with E-state index in [2.05, 4.69) is 10.2 Å². The number of nitrogens with zero attached hydrogens (tertiary/aromatic N) is 2. The molecular weight excluding hydrogens is 300 g/mol. The van der Waals surface area contributed by atoms with Gasteiger partial charge >= 0.3 is 0 Å². The van der Waals surface area contributed by atoms with Crippen LogP contribution in [-0.4, -0.2) is 44.7 Å². The molecule has 0 N–H and O–H groups in total. The molecule has 0 bridgehead atoms. The van der Waals surface area contributed by atoms with Gasteiger partial charge in [0, 0.05) is 13.5 Å². The third-order valence-electron chi connectivity index (χ3n) is 4.04. The van der Waals surface area contributed by atoms with E-state index in [4.69, 9.17) is 23.4 Å². The predicted octanol–water partition coefficient (Wildman–Crippen LogP) is 1.94. The second kappa shape index (κ2) is 6.55. The van der Waals surface area contributed by atoms with E-state index < -0.39 is 5.60 Å². The fourth-order valence-corrected chi connectivity index (χ4v) is 2.64. The minimum atomic E-state index is -0.622. The maximum Gasteiger partial charge on any atom is 0.250 e. The summed E-state index contributed by atoms with van der Waals surface area (Å²) in [5, 5.41) is 8.26. The first-order chi connectivity index (χ1) is 11.2. The Morgan fingerprint density at radius 3 is 2.61 bits per heavy atom. The lowest BCUT2D eigenvalue weighted by Crippen LogP contribution is -2.29. The lowest BCUT2D eigenvalue weighted by molar-refractivity contribution is -0.0416. The van der Waals surface area contributed by atoms with E-state index in [0.29, 0.717) is 49.3 Å². The van der Waals surface area contributed by atoms with Gasteiger partial charge in [0.15, 0.2) is 17.1 Å². The minimum absolute atomic E-state index is 0.432. The van der Waals surface area contributed by atoms with Crippen LogP contribution in [0.1, 0.15) is 23.8 Å². The van der Waals surface area contributed by atoms with Crippen LogP contribution in [-0.2, 0) is 21.5 Å². The summed E-state index contributed by atoms with van der Waals surface area (Å²) in [6.45, 7) is 1.06. The molecule has 1 saturated heterocycles. The molecule has 7 heteroatoms. The summed E-state index contributed by atoms with van der Waals surface area (Å²) in [4.78, 5) is 0. The molecule has 1 fully saturated rings. The molecule has 7 nitrogen and oxygen atoms in total.